The average molecular weight is 547 g/mol. The standard InChI is InChI=1S/C27H29F3N4O3S/c1-17-14-22(27(28,29)30)32-34(17)15-23(35)33-12-9-19(10-13-33)24-31-21(16-38-24)25(36)37-26(2)11-5-7-18-6-3-4-8-20(18)26/h3-4,6,8,14,16,19H,5,7,9-13,15H2,1-2H3/t26-/m1/s1. The van der Waals surface area contributed by atoms with E-state index in [1.165, 1.54) is 23.8 Å². The second-order valence-electron chi connectivity index (χ2n) is 10.2. The molecule has 202 valence electrons. The van der Waals surface area contributed by atoms with Gasteiger partial charge in [0.25, 0.3) is 0 Å². The number of nitrogens with zero attached hydrogens (tertiary/aromatic N) is 4. The van der Waals surface area contributed by atoms with E-state index in [1.807, 2.05) is 25.1 Å². The number of carbonyl (C=O) groups excluding carboxylic acids is 2. The van der Waals surface area contributed by atoms with E-state index in [0.717, 1.165) is 40.6 Å². The Morgan fingerprint density at radius 3 is 2.66 bits per heavy atom. The SMILES string of the molecule is Cc1cc(C(F)(F)F)nn1CC(=O)N1CCC(c2nc(C(=O)O[C@]3(C)CCCc4ccccc43)cs2)CC1. The molecule has 0 radical (unpaired) electrons. The van der Waals surface area contributed by atoms with Crippen molar-refractivity contribution in [3.8, 4) is 0 Å². The van der Waals surface area contributed by atoms with Gasteiger partial charge in [-0.05, 0) is 63.1 Å². The van der Waals surface area contributed by atoms with Gasteiger partial charge in [0, 0.05) is 30.1 Å². The molecule has 0 bridgehead atoms. The predicted octanol–water partition coefficient (Wildman–Crippen LogP) is 5.48. The predicted molar refractivity (Wildman–Crippen MR) is 135 cm³/mol. The summed E-state index contributed by atoms with van der Waals surface area (Å²) in [6.45, 7) is 4.15. The van der Waals surface area contributed by atoms with Crippen LogP contribution < -0.4 is 0 Å². The largest absolute Gasteiger partial charge is 0.450 e. The summed E-state index contributed by atoms with van der Waals surface area (Å²) < 4.78 is 45.9. The number of benzene rings is 1. The molecular weight excluding hydrogens is 517 g/mol. The molecule has 1 atom stereocenters. The topological polar surface area (TPSA) is 77.3 Å². The van der Waals surface area contributed by atoms with Crippen LogP contribution in [-0.2, 0) is 34.3 Å². The Hall–Kier alpha value is -3.21. The van der Waals surface area contributed by atoms with Gasteiger partial charge in [-0.25, -0.2) is 9.78 Å². The molecule has 3 heterocycles. The van der Waals surface area contributed by atoms with E-state index in [2.05, 4.69) is 16.1 Å². The Kier molecular flexibility index (Phi) is 7.06. The van der Waals surface area contributed by atoms with Gasteiger partial charge >= 0.3 is 12.1 Å². The first-order chi connectivity index (χ1) is 18.0. The van der Waals surface area contributed by atoms with Crippen LogP contribution >= 0.6 is 11.3 Å². The molecule has 38 heavy (non-hydrogen) atoms. The van der Waals surface area contributed by atoms with E-state index in [-0.39, 0.29) is 24.1 Å². The van der Waals surface area contributed by atoms with E-state index in [1.54, 1.807) is 10.3 Å². The molecule has 11 heteroatoms. The zero-order valence-corrected chi connectivity index (χ0v) is 22.1. The lowest BCUT2D eigenvalue weighted by molar-refractivity contribution is -0.142. The van der Waals surface area contributed by atoms with E-state index in [0.29, 0.717) is 31.6 Å². The number of aromatic nitrogens is 3. The first-order valence-corrected chi connectivity index (χ1v) is 13.6. The summed E-state index contributed by atoms with van der Waals surface area (Å²) >= 11 is 1.41. The second-order valence-corrected chi connectivity index (χ2v) is 11.1. The summed E-state index contributed by atoms with van der Waals surface area (Å²) in [7, 11) is 0. The summed E-state index contributed by atoms with van der Waals surface area (Å²) in [5.74, 6) is -0.611. The molecule has 3 aromatic rings. The molecule has 1 amide bonds. The highest BCUT2D eigenvalue weighted by Gasteiger charge is 2.37. The number of hydrogen-bond donors (Lipinski definition) is 0. The molecule has 2 aliphatic rings. The summed E-state index contributed by atoms with van der Waals surface area (Å²) in [4.78, 5) is 32.0. The highest BCUT2D eigenvalue weighted by atomic mass is 32.1. The van der Waals surface area contributed by atoms with Crippen molar-refractivity contribution in [3.05, 3.63) is 68.9 Å². The number of halogens is 3. The van der Waals surface area contributed by atoms with Crippen LogP contribution in [0.3, 0.4) is 0 Å². The molecule has 0 N–H and O–H groups in total. The van der Waals surface area contributed by atoms with Crippen LogP contribution in [0.1, 0.15) is 76.5 Å². The van der Waals surface area contributed by atoms with Crippen LogP contribution in [0.2, 0.25) is 0 Å². The van der Waals surface area contributed by atoms with Gasteiger partial charge in [0.15, 0.2) is 11.4 Å². The second kappa shape index (κ2) is 10.2. The Morgan fingerprint density at radius 2 is 1.95 bits per heavy atom. The molecule has 0 saturated carbocycles. The molecule has 1 saturated heterocycles. The maximum atomic E-state index is 13.0. The van der Waals surface area contributed by atoms with Gasteiger partial charge in [0.2, 0.25) is 5.91 Å². The number of ether oxygens (including phenoxy) is 1. The number of esters is 1. The maximum Gasteiger partial charge on any atom is 0.435 e. The fourth-order valence-electron chi connectivity index (χ4n) is 5.35. The van der Waals surface area contributed by atoms with Crippen molar-refractivity contribution >= 4 is 23.2 Å². The first kappa shape index (κ1) is 26.4. The van der Waals surface area contributed by atoms with Crippen molar-refractivity contribution in [2.24, 2.45) is 0 Å². The number of fused-ring (bicyclic) bond motifs is 1. The number of piperidine rings is 1. The number of thiazole rings is 1. The van der Waals surface area contributed by atoms with Gasteiger partial charge in [-0.15, -0.1) is 11.3 Å². The van der Waals surface area contributed by atoms with Crippen molar-refractivity contribution in [1.82, 2.24) is 19.7 Å². The van der Waals surface area contributed by atoms with Crippen LogP contribution in [0.15, 0.2) is 35.7 Å². The molecule has 2 aromatic heterocycles. The van der Waals surface area contributed by atoms with Gasteiger partial charge in [0.05, 0.1) is 5.01 Å². The van der Waals surface area contributed by atoms with Crippen LogP contribution in [0, 0.1) is 6.92 Å². The third-order valence-corrected chi connectivity index (χ3v) is 8.50. The molecular formula is C27H29F3N4O3S. The van der Waals surface area contributed by atoms with Crippen molar-refractivity contribution < 1.29 is 27.5 Å². The minimum Gasteiger partial charge on any atom is -0.450 e. The molecule has 5 rings (SSSR count). The lowest BCUT2D eigenvalue weighted by Crippen LogP contribution is -2.40. The number of likely N-dealkylation sites (tertiary alicyclic amines) is 1. The smallest absolute Gasteiger partial charge is 0.435 e. The number of carbonyl (C=O) groups is 2. The van der Waals surface area contributed by atoms with Crippen LogP contribution in [-0.4, -0.2) is 44.6 Å². The average Bonchev–Trinajstić information content (AvgIpc) is 3.52. The first-order valence-electron chi connectivity index (χ1n) is 12.7. The fraction of sp³-hybridized carbons (Fsp3) is 0.481. The summed E-state index contributed by atoms with van der Waals surface area (Å²) in [5, 5.41) is 6.11. The molecule has 1 aliphatic carbocycles. The minimum atomic E-state index is -4.55. The van der Waals surface area contributed by atoms with Crippen molar-refractivity contribution in [2.45, 2.75) is 70.2 Å². The van der Waals surface area contributed by atoms with Gasteiger partial charge in [-0.3, -0.25) is 9.48 Å². The van der Waals surface area contributed by atoms with Crippen molar-refractivity contribution in [3.63, 3.8) is 0 Å². The molecule has 0 spiro atoms. The van der Waals surface area contributed by atoms with Gasteiger partial charge in [-0.1, -0.05) is 24.3 Å². The highest BCUT2D eigenvalue weighted by molar-refractivity contribution is 7.09. The number of alkyl halides is 3. The summed E-state index contributed by atoms with van der Waals surface area (Å²) in [6.07, 6.45) is -0.551. The number of aryl methyl sites for hydroxylation is 2. The molecule has 1 fully saturated rings. The molecule has 0 unspecified atom stereocenters. The maximum absolute atomic E-state index is 13.0. The van der Waals surface area contributed by atoms with Gasteiger partial charge in [-0.2, -0.15) is 18.3 Å². The van der Waals surface area contributed by atoms with E-state index >= 15 is 0 Å². The Morgan fingerprint density at radius 1 is 1.21 bits per heavy atom. The molecule has 1 aromatic carbocycles. The number of hydrogen-bond acceptors (Lipinski definition) is 6. The molecule has 1 aliphatic heterocycles. The Balaban J connectivity index is 1.17. The third kappa shape index (κ3) is 5.34. The van der Waals surface area contributed by atoms with Gasteiger partial charge in [0.1, 0.15) is 12.1 Å². The lowest BCUT2D eigenvalue weighted by Gasteiger charge is -2.35. The van der Waals surface area contributed by atoms with Crippen LogP contribution in [0.4, 0.5) is 13.2 Å². The van der Waals surface area contributed by atoms with E-state index in [9.17, 15) is 22.8 Å². The highest BCUT2D eigenvalue weighted by Crippen LogP contribution is 2.39. The van der Waals surface area contributed by atoms with Gasteiger partial charge < -0.3 is 9.64 Å². The number of amides is 1. The van der Waals surface area contributed by atoms with Crippen molar-refractivity contribution in [2.75, 3.05) is 13.1 Å². The zero-order valence-electron chi connectivity index (χ0n) is 21.3. The third-order valence-electron chi connectivity index (χ3n) is 7.49. The van der Waals surface area contributed by atoms with Crippen LogP contribution in [0.25, 0.3) is 0 Å². The quantitative estimate of drug-likeness (QED) is 0.396. The minimum absolute atomic E-state index is 0.0971. The molecule has 7 nitrogen and oxygen atoms in total. The monoisotopic (exact) mass is 546 g/mol. The number of rotatable bonds is 5. The fourth-order valence-corrected chi connectivity index (χ4v) is 6.31. The van der Waals surface area contributed by atoms with E-state index in [4.69, 9.17) is 4.74 Å². The Labute approximate surface area is 222 Å². The van der Waals surface area contributed by atoms with Crippen LogP contribution in [0.5, 0.6) is 0 Å². The van der Waals surface area contributed by atoms with E-state index < -0.39 is 23.4 Å². The normalized spacial score (nSPS) is 20.3. The zero-order chi connectivity index (χ0) is 27.1. The van der Waals surface area contributed by atoms with Crippen molar-refractivity contribution in [1.29, 1.82) is 0 Å². The summed E-state index contributed by atoms with van der Waals surface area (Å²) in [5.41, 5.74) is 1.15. The Bertz CT molecular complexity index is 1340. The lowest BCUT2D eigenvalue weighted by atomic mass is 9.80. The summed E-state index contributed by atoms with van der Waals surface area (Å²) in [6, 6.07) is 9.00.